The van der Waals surface area contributed by atoms with Crippen LogP contribution >= 0.6 is 15.9 Å². The van der Waals surface area contributed by atoms with Crippen LogP contribution in [0, 0.1) is 5.92 Å². The fraction of sp³-hybridized carbons (Fsp3) is 0.571. The third-order valence-electron chi connectivity index (χ3n) is 4.34. The zero-order chi connectivity index (χ0) is 13.3. The second-order valence-electron chi connectivity index (χ2n) is 5.79. The summed E-state index contributed by atoms with van der Waals surface area (Å²) < 4.78 is 13.1. The van der Waals surface area contributed by atoms with E-state index in [-0.39, 0.29) is 5.92 Å². The Balaban J connectivity index is 1.84. The van der Waals surface area contributed by atoms with Gasteiger partial charge in [-0.2, -0.15) is 9.78 Å². The maximum Gasteiger partial charge on any atom is 0.238 e. The lowest BCUT2D eigenvalue weighted by atomic mass is 9.76. The Morgan fingerprint density at radius 1 is 1.11 bits per heavy atom. The third-order valence-corrected chi connectivity index (χ3v) is 4.87. The minimum Gasteiger partial charge on any atom is -0.315 e. The number of benzene rings is 1. The van der Waals surface area contributed by atoms with E-state index in [4.69, 9.17) is 19.2 Å². The van der Waals surface area contributed by atoms with Gasteiger partial charge in [-0.1, -0.05) is 28.1 Å². The quantitative estimate of drug-likeness (QED) is 0.741. The van der Waals surface area contributed by atoms with E-state index < -0.39 is 17.4 Å². The van der Waals surface area contributed by atoms with Crippen LogP contribution in [0.2, 0.25) is 0 Å². The molecule has 4 bridgehead atoms. The van der Waals surface area contributed by atoms with Crippen LogP contribution in [0.4, 0.5) is 0 Å². The van der Waals surface area contributed by atoms with E-state index in [2.05, 4.69) is 15.9 Å². The molecule has 1 aromatic rings. The fourth-order valence-electron chi connectivity index (χ4n) is 3.50. The molecule has 4 fully saturated rings. The molecular weight excluding hydrogens is 312 g/mol. The lowest BCUT2D eigenvalue weighted by Gasteiger charge is -2.54. The van der Waals surface area contributed by atoms with Crippen LogP contribution in [0.25, 0.3) is 0 Å². The van der Waals surface area contributed by atoms with Crippen LogP contribution in [0.5, 0.6) is 0 Å². The van der Waals surface area contributed by atoms with E-state index in [1.165, 1.54) is 0 Å². The van der Waals surface area contributed by atoms with Gasteiger partial charge in [-0.25, -0.2) is 0 Å². The molecule has 4 saturated heterocycles. The van der Waals surface area contributed by atoms with Gasteiger partial charge in [-0.15, -0.1) is 0 Å². The predicted octanol–water partition coefficient (Wildman–Crippen LogP) is 3.45. The Bertz CT molecular complexity index is 533. The van der Waals surface area contributed by atoms with Gasteiger partial charge in [0.15, 0.2) is 5.79 Å². The monoisotopic (exact) mass is 326 g/mol. The number of ether oxygens (including phenoxy) is 2. The summed E-state index contributed by atoms with van der Waals surface area (Å²) in [5.74, 6) is -2.17. The summed E-state index contributed by atoms with van der Waals surface area (Å²) in [7, 11) is 0. The molecular formula is C14H15BrO4. The predicted molar refractivity (Wildman–Crippen MR) is 69.7 cm³/mol. The van der Waals surface area contributed by atoms with Crippen molar-refractivity contribution in [2.45, 2.75) is 44.1 Å². The van der Waals surface area contributed by atoms with Crippen molar-refractivity contribution in [2.75, 3.05) is 0 Å². The van der Waals surface area contributed by atoms with E-state index in [9.17, 15) is 0 Å². The first-order valence-corrected chi connectivity index (χ1v) is 7.28. The van der Waals surface area contributed by atoms with Gasteiger partial charge >= 0.3 is 0 Å². The first-order valence-electron chi connectivity index (χ1n) is 6.49. The minimum atomic E-state index is -0.847. The number of rotatable bonds is 1. The number of fused-ring (bicyclic) bond motifs is 1. The van der Waals surface area contributed by atoms with Gasteiger partial charge < -0.3 is 9.47 Å². The lowest BCUT2D eigenvalue weighted by Crippen LogP contribution is -2.62. The van der Waals surface area contributed by atoms with Gasteiger partial charge in [-0.3, -0.25) is 0 Å². The van der Waals surface area contributed by atoms with Crippen LogP contribution in [0.1, 0.15) is 32.3 Å². The van der Waals surface area contributed by atoms with Gasteiger partial charge in [0.05, 0.1) is 5.92 Å². The largest absolute Gasteiger partial charge is 0.315 e. The molecule has 1 aromatic carbocycles. The highest BCUT2D eigenvalue weighted by Gasteiger charge is 2.72. The summed E-state index contributed by atoms with van der Waals surface area (Å²) in [6, 6.07) is 7.97. The molecule has 4 nitrogen and oxygen atoms in total. The smallest absolute Gasteiger partial charge is 0.238 e. The molecule has 4 unspecified atom stereocenters. The summed E-state index contributed by atoms with van der Waals surface area (Å²) in [5, 5.41) is 0. The molecule has 0 saturated carbocycles. The average Bonchev–Trinajstić information content (AvgIpc) is 2.58. The summed E-state index contributed by atoms with van der Waals surface area (Å²) in [5.41, 5.74) is 0.971. The molecule has 102 valence electrons. The number of halogens is 1. The van der Waals surface area contributed by atoms with Gasteiger partial charge in [0, 0.05) is 16.5 Å². The number of hydrogen-bond acceptors (Lipinski definition) is 4. The van der Waals surface area contributed by atoms with Crippen LogP contribution in [0.3, 0.4) is 0 Å². The van der Waals surface area contributed by atoms with Crippen molar-refractivity contribution in [1.29, 1.82) is 0 Å². The molecule has 5 rings (SSSR count). The topological polar surface area (TPSA) is 36.9 Å². The van der Waals surface area contributed by atoms with Crippen molar-refractivity contribution in [3.63, 3.8) is 0 Å². The normalized spacial score (nSPS) is 47.6. The molecule has 4 heterocycles. The molecule has 0 aliphatic carbocycles. The van der Waals surface area contributed by atoms with E-state index in [1.54, 1.807) is 0 Å². The molecule has 0 N–H and O–H groups in total. The highest BCUT2D eigenvalue weighted by atomic mass is 79.9. The van der Waals surface area contributed by atoms with Crippen molar-refractivity contribution in [3.05, 3.63) is 34.3 Å². The van der Waals surface area contributed by atoms with Gasteiger partial charge in [0.25, 0.3) is 0 Å². The Kier molecular flexibility index (Phi) is 2.33. The zero-order valence-electron chi connectivity index (χ0n) is 10.8. The zero-order valence-corrected chi connectivity index (χ0v) is 12.4. The van der Waals surface area contributed by atoms with Crippen molar-refractivity contribution in [2.24, 2.45) is 5.92 Å². The van der Waals surface area contributed by atoms with Crippen molar-refractivity contribution in [1.82, 2.24) is 0 Å². The Morgan fingerprint density at radius 3 is 2.53 bits per heavy atom. The molecule has 0 amide bonds. The van der Waals surface area contributed by atoms with Crippen molar-refractivity contribution >= 4 is 15.9 Å². The van der Waals surface area contributed by atoms with E-state index in [0.717, 1.165) is 22.9 Å². The lowest BCUT2D eigenvalue weighted by molar-refractivity contribution is -0.433. The minimum absolute atomic E-state index is 0.0444. The standard InChI is InChI=1S/C14H15BrO4/c1-12-8-7-11-13(2,16-12)18-19-14(11,17-12)9-3-5-10(15)6-4-9/h3-6,11H,7-8H2,1-2H3. The van der Waals surface area contributed by atoms with Gasteiger partial charge in [-0.05, 0) is 32.4 Å². The third kappa shape index (κ3) is 1.53. The summed E-state index contributed by atoms with van der Waals surface area (Å²) in [6.45, 7) is 3.88. The maximum absolute atomic E-state index is 6.16. The van der Waals surface area contributed by atoms with Gasteiger partial charge in [0.2, 0.25) is 11.6 Å². The molecule has 0 aromatic heterocycles. The van der Waals surface area contributed by atoms with Crippen LogP contribution < -0.4 is 0 Å². The summed E-state index contributed by atoms with van der Waals surface area (Å²) in [6.07, 6.45) is 1.82. The highest BCUT2D eigenvalue weighted by molar-refractivity contribution is 9.10. The van der Waals surface area contributed by atoms with E-state index >= 15 is 0 Å². The molecule has 4 aliphatic rings. The molecule has 4 atom stereocenters. The maximum atomic E-state index is 6.16. The molecule has 19 heavy (non-hydrogen) atoms. The van der Waals surface area contributed by atoms with Crippen LogP contribution in [-0.2, 0) is 25.0 Å². The van der Waals surface area contributed by atoms with E-state index in [0.29, 0.717) is 0 Å². The number of hydrogen-bond donors (Lipinski definition) is 0. The van der Waals surface area contributed by atoms with Crippen LogP contribution in [-0.4, -0.2) is 11.6 Å². The SMILES string of the molecule is CC12CCC3C(C)(OOC3(c3ccc(Br)cc3)O1)O2. The first kappa shape index (κ1) is 12.3. The Hall–Kier alpha value is -0.460. The highest BCUT2D eigenvalue weighted by Crippen LogP contribution is 2.62. The second kappa shape index (κ2) is 3.59. The molecule has 0 radical (unpaired) electrons. The van der Waals surface area contributed by atoms with E-state index in [1.807, 2.05) is 38.1 Å². The Labute approximate surface area is 120 Å². The average molecular weight is 327 g/mol. The first-order chi connectivity index (χ1) is 8.96. The molecule has 4 aliphatic heterocycles. The molecule has 0 spiro atoms. The van der Waals surface area contributed by atoms with Crippen molar-refractivity contribution < 1.29 is 19.2 Å². The van der Waals surface area contributed by atoms with Gasteiger partial charge in [0.1, 0.15) is 0 Å². The fourth-order valence-corrected chi connectivity index (χ4v) is 3.77. The summed E-state index contributed by atoms with van der Waals surface area (Å²) in [4.78, 5) is 11.1. The molecule has 5 heteroatoms. The summed E-state index contributed by atoms with van der Waals surface area (Å²) >= 11 is 3.44. The van der Waals surface area contributed by atoms with Crippen LogP contribution in [0.15, 0.2) is 28.7 Å². The van der Waals surface area contributed by atoms with Crippen molar-refractivity contribution in [3.8, 4) is 0 Å². The Morgan fingerprint density at radius 2 is 1.84 bits per heavy atom. The second-order valence-corrected chi connectivity index (χ2v) is 6.70.